The number of nitriles is 1. The van der Waals surface area contributed by atoms with Gasteiger partial charge in [0, 0.05) is 12.3 Å². The quantitative estimate of drug-likeness (QED) is 0.804. The van der Waals surface area contributed by atoms with Crippen LogP contribution in [0.5, 0.6) is 0 Å². The van der Waals surface area contributed by atoms with Crippen LogP contribution in [0.1, 0.15) is 5.56 Å². The van der Waals surface area contributed by atoms with E-state index in [4.69, 9.17) is 29.1 Å². The lowest BCUT2D eigenvalue weighted by molar-refractivity contribution is 0.937. The molecule has 0 aliphatic rings. The van der Waals surface area contributed by atoms with E-state index in [1.165, 1.54) is 12.3 Å². The molecule has 0 aliphatic carbocycles. The minimum Gasteiger partial charge on any atom is -0.299 e. The van der Waals surface area contributed by atoms with E-state index in [9.17, 15) is 4.79 Å². The molecule has 0 atom stereocenters. The molecule has 1 N–H and O–H groups in total. The molecule has 0 aliphatic heterocycles. The third-order valence-corrected chi connectivity index (χ3v) is 2.78. The highest BCUT2D eigenvalue weighted by Crippen LogP contribution is 2.21. The third-order valence-electron chi connectivity index (χ3n) is 2.16. The van der Waals surface area contributed by atoms with Gasteiger partial charge in [-0.25, -0.2) is 0 Å². The van der Waals surface area contributed by atoms with Gasteiger partial charge in [-0.05, 0) is 30.4 Å². The van der Waals surface area contributed by atoms with Crippen molar-refractivity contribution in [3.63, 3.8) is 0 Å². The number of benzene rings is 1. The van der Waals surface area contributed by atoms with E-state index in [1.807, 2.05) is 6.07 Å². The first-order valence-electron chi connectivity index (χ1n) is 4.64. The van der Waals surface area contributed by atoms with Crippen LogP contribution in [0.3, 0.4) is 0 Å². The van der Waals surface area contributed by atoms with Gasteiger partial charge in [-0.3, -0.25) is 14.3 Å². The standard InChI is InChI=1S/C11H6ClN3OS/c12-8-2-1-7(6-13)5-9(8)15-4-3-10(16)14-11(15)17/h1-5H,(H,14,16,17). The highest BCUT2D eigenvalue weighted by molar-refractivity contribution is 7.71. The van der Waals surface area contributed by atoms with Crippen molar-refractivity contribution >= 4 is 23.8 Å². The number of nitrogens with one attached hydrogen (secondary N) is 1. The fraction of sp³-hybridized carbons (Fsp3) is 0. The number of aromatic amines is 1. The van der Waals surface area contributed by atoms with Gasteiger partial charge in [0.2, 0.25) is 0 Å². The second-order valence-corrected chi connectivity index (χ2v) is 4.05. The zero-order valence-corrected chi connectivity index (χ0v) is 10.0. The summed E-state index contributed by atoms with van der Waals surface area (Å²) in [5, 5.41) is 9.28. The minimum absolute atomic E-state index is 0.231. The molecule has 6 heteroatoms. The number of H-pyrrole nitrogens is 1. The maximum Gasteiger partial charge on any atom is 0.251 e. The molecule has 0 radical (unpaired) electrons. The van der Waals surface area contributed by atoms with Crippen molar-refractivity contribution in [1.82, 2.24) is 9.55 Å². The number of hydrogen-bond acceptors (Lipinski definition) is 3. The van der Waals surface area contributed by atoms with Gasteiger partial charge in [0.15, 0.2) is 4.77 Å². The molecule has 0 amide bonds. The van der Waals surface area contributed by atoms with Crippen LogP contribution in [0, 0.1) is 16.1 Å². The Morgan fingerprint density at radius 2 is 2.18 bits per heavy atom. The van der Waals surface area contributed by atoms with Gasteiger partial charge in [0.1, 0.15) is 0 Å². The van der Waals surface area contributed by atoms with Gasteiger partial charge in [0.25, 0.3) is 5.56 Å². The first-order valence-corrected chi connectivity index (χ1v) is 5.42. The van der Waals surface area contributed by atoms with E-state index in [2.05, 4.69) is 4.98 Å². The van der Waals surface area contributed by atoms with E-state index >= 15 is 0 Å². The molecule has 4 nitrogen and oxygen atoms in total. The number of aromatic nitrogens is 2. The largest absolute Gasteiger partial charge is 0.299 e. The second-order valence-electron chi connectivity index (χ2n) is 3.26. The summed E-state index contributed by atoms with van der Waals surface area (Å²) in [7, 11) is 0. The smallest absolute Gasteiger partial charge is 0.251 e. The predicted octanol–water partition coefficient (Wildman–Crippen LogP) is 2.42. The molecule has 1 aromatic carbocycles. The average molecular weight is 264 g/mol. The molecule has 0 saturated carbocycles. The Morgan fingerprint density at radius 1 is 1.41 bits per heavy atom. The normalized spacial score (nSPS) is 9.88. The summed E-state index contributed by atoms with van der Waals surface area (Å²) < 4.78 is 1.77. The molecule has 2 aromatic rings. The van der Waals surface area contributed by atoms with Crippen molar-refractivity contribution in [2.24, 2.45) is 0 Å². The van der Waals surface area contributed by atoms with Gasteiger partial charge in [-0.15, -0.1) is 0 Å². The fourth-order valence-electron chi connectivity index (χ4n) is 1.37. The molecule has 1 aromatic heterocycles. The molecule has 2 rings (SSSR count). The number of hydrogen-bond donors (Lipinski definition) is 1. The summed E-state index contributed by atoms with van der Waals surface area (Å²) in [6.07, 6.45) is 1.52. The first kappa shape index (κ1) is 11.6. The van der Waals surface area contributed by atoms with E-state index < -0.39 is 0 Å². The van der Waals surface area contributed by atoms with Crippen LogP contribution >= 0.6 is 23.8 Å². The van der Waals surface area contributed by atoms with Crippen molar-refractivity contribution in [2.75, 3.05) is 0 Å². The summed E-state index contributed by atoms with van der Waals surface area (Å²) in [5.41, 5.74) is 0.753. The second kappa shape index (κ2) is 4.53. The number of nitrogens with zero attached hydrogens (tertiary/aromatic N) is 2. The molecule has 0 saturated heterocycles. The van der Waals surface area contributed by atoms with Gasteiger partial charge in [-0.2, -0.15) is 5.26 Å². The highest BCUT2D eigenvalue weighted by Gasteiger charge is 2.04. The van der Waals surface area contributed by atoms with E-state index in [0.717, 1.165) is 0 Å². The van der Waals surface area contributed by atoms with Crippen LogP contribution in [-0.2, 0) is 0 Å². The molecular formula is C11H6ClN3OS. The molecule has 0 fully saturated rings. The maximum atomic E-state index is 11.1. The lowest BCUT2D eigenvalue weighted by Crippen LogP contribution is -2.10. The zero-order chi connectivity index (χ0) is 12.4. The van der Waals surface area contributed by atoms with Gasteiger partial charge < -0.3 is 0 Å². The summed E-state index contributed by atoms with van der Waals surface area (Å²) in [6.45, 7) is 0. The molecular weight excluding hydrogens is 258 g/mol. The minimum atomic E-state index is -0.279. The summed E-state index contributed by atoms with van der Waals surface area (Å²) in [4.78, 5) is 13.5. The van der Waals surface area contributed by atoms with Crippen molar-refractivity contribution in [1.29, 1.82) is 5.26 Å². The summed E-state index contributed by atoms with van der Waals surface area (Å²) >= 11 is 11.1. The topological polar surface area (TPSA) is 61.6 Å². The zero-order valence-electron chi connectivity index (χ0n) is 8.48. The summed E-state index contributed by atoms with van der Waals surface area (Å²) in [6, 6.07) is 8.19. The monoisotopic (exact) mass is 263 g/mol. The first-order chi connectivity index (χ1) is 8.11. The Balaban J connectivity index is 2.73. The van der Waals surface area contributed by atoms with Gasteiger partial charge >= 0.3 is 0 Å². The van der Waals surface area contributed by atoms with Gasteiger partial charge in [0.05, 0.1) is 22.3 Å². The fourth-order valence-corrected chi connectivity index (χ4v) is 1.84. The molecule has 17 heavy (non-hydrogen) atoms. The SMILES string of the molecule is N#Cc1ccc(Cl)c(-n2ccc(=O)[nH]c2=S)c1. The lowest BCUT2D eigenvalue weighted by atomic mass is 10.2. The van der Waals surface area contributed by atoms with Crippen LogP contribution < -0.4 is 5.56 Å². The lowest BCUT2D eigenvalue weighted by Gasteiger charge is -2.08. The van der Waals surface area contributed by atoms with Crippen molar-refractivity contribution in [2.45, 2.75) is 0 Å². The van der Waals surface area contributed by atoms with Crippen molar-refractivity contribution < 1.29 is 0 Å². The predicted molar refractivity (Wildman–Crippen MR) is 66.9 cm³/mol. The average Bonchev–Trinajstić information content (AvgIpc) is 2.30. The number of halogens is 1. The molecule has 0 spiro atoms. The Bertz CT molecular complexity index is 726. The van der Waals surface area contributed by atoms with Crippen LogP contribution in [0.4, 0.5) is 0 Å². The maximum absolute atomic E-state index is 11.1. The van der Waals surface area contributed by atoms with Crippen LogP contribution in [0.2, 0.25) is 5.02 Å². The Labute approximate surface area is 107 Å². The number of rotatable bonds is 1. The molecule has 0 unspecified atom stereocenters. The van der Waals surface area contributed by atoms with Crippen LogP contribution in [-0.4, -0.2) is 9.55 Å². The van der Waals surface area contributed by atoms with Crippen molar-refractivity contribution in [3.8, 4) is 11.8 Å². The third kappa shape index (κ3) is 2.28. The van der Waals surface area contributed by atoms with Crippen molar-refractivity contribution in [3.05, 3.63) is 56.2 Å². The Hall–Kier alpha value is -1.90. The summed E-state index contributed by atoms with van der Waals surface area (Å²) in [5.74, 6) is 0. The van der Waals surface area contributed by atoms with E-state index in [1.54, 1.807) is 22.8 Å². The molecule has 0 bridgehead atoms. The van der Waals surface area contributed by atoms with Crippen LogP contribution in [0.15, 0.2) is 35.3 Å². The van der Waals surface area contributed by atoms with Crippen LogP contribution in [0.25, 0.3) is 5.69 Å². The van der Waals surface area contributed by atoms with E-state index in [-0.39, 0.29) is 10.3 Å². The highest BCUT2D eigenvalue weighted by atomic mass is 35.5. The van der Waals surface area contributed by atoms with Gasteiger partial charge in [-0.1, -0.05) is 11.6 Å². The molecule has 84 valence electrons. The Morgan fingerprint density at radius 3 is 2.82 bits per heavy atom. The Kier molecular flexibility index (Phi) is 3.09. The molecule has 1 heterocycles. The van der Waals surface area contributed by atoms with E-state index in [0.29, 0.717) is 16.3 Å².